The van der Waals surface area contributed by atoms with Gasteiger partial charge in [-0.25, -0.2) is 0 Å². The normalized spacial score (nSPS) is 23.1. The van der Waals surface area contributed by atoms with Crippen molar-refractivity contribution < 1.29 is 19.4 Å². The van der Waals surface area contributed by atoms with Gasteiger partial charge in [-0.1, -0.05) is 24.3 Å². The third-order valence-electron chi connectivity index (χ3n) is 2.86. The van der Waals surface area contributed by atoms with Crippen LogP contribution in [-0.4, -0.2) is 30.2 Å². The zero-order valence-corrected chi connectivity index (χ0v) is 10.2. The summed E-state index contributed by atoms with van der Waals surface area (Å²) in [6.07, 6.45) is 2.22. The Labute approximate surface area is 106 Å². The van der Waals surface area contributed by atoms with E-state index in [9.17, 15) is 9.90 Å². The zero-order chi connectivity index (χ0) is 13.0. The Balaban J connectivity index is 1.87. The van der Waals surface area contributed by atoms with Crippen LogP contribution in [0, 0.1) is 0 Å². The van der Waals surface area contributed by atoms with Crippen LogP contribution in [0.4, 0.5) is 0 Å². The third-order valence-corrected chi connectivity index (χ3v) is 2.86. The predicted molar refractivity (Wildman–Crippen MR) is 66.3 cm³/mol. The van der Waals surface area contributed by atoms with E-state index in [1.54, 1.807) is 13.2 Å². The molecule has 1 aliphatic carbocycles. The summed E-state index contributed by atoms with van der Waals surface area (Å²) in [6.45, 7) is 0.433. The molecule has 0 aromatic heterocycles. The topological polar surface area (TPSA) is 55.8 Å². The molecule has 1 N–H and O–H groups in total. The van der Waals surface area contributed by atoms with E-state index < -0.39 is 6.10 Å². The number of benzene rings is 1. The van der Waals surface area contributed by atoms with Crippen LogP contribution in [0.25, 0.3) is 0 Å². The van der Waals surface area contributed by atoms with E-state index in [0.29, 0.717) is 6.61 Å². The highest BCUT2D eigenvalue weighted by atomic mass is 16.5. The van der Waals surface area contributed by atoms with E-state index in [1.807, 2.05) is 24.3 Å². The maximum absolute atomic E-state index is 11.3. The minimum absolute atomic E-state index is 0.197. The quantitative estimate of drug-likeness (QED) is 0.820. The number of hydrogen-bond acceptors (Lipinski definition) is 4. The second-order valence-corrected chi connectivity index (χ2v) is 4.20. The van der Waals surface area contributed by atoms with Gasteiger partial charge in [0, 0.05) is 6.42 Å². The molecule has 2 rings (SSSR count). The number of aliphatic hydroxyl groups is 1. The van der Waals surface area contributed by atoms with Gasteiger partial charge in [0.1, 0.15) is 11.9 Å². The van der Waals surface area contributed by atoms with Crippen LogP contribution in [0.15, 0.2) is 36.4 Å². The highest BCUT2D eigenvalue weighted by Gasteiger charge is 2.22. The van der Waals surface area contributed by atoms with Crippen LogP contribution >= 0.6 is 0 Å². The van der Waals surface area contributed by atoms with Gasteiger partial charge >= 0.3 is 0 Å². The fraction of sp³-hybridized carbons (Fsp3) is 0.357. The molecule has 1 aliphatic rings. The molecular weight excluding hydrogens is 232 g/mol. The van der Waals surface area contributed by atoms with Crippen molar-refractivity contribution in [3.63, 3.8) is 0 Å². The van der Waals surface area contributed by atoms with Crippen LogP contribution in [0.2, 0.25) is 0 Å². The van der Waals surface area contributed by atoms with Crippen molar-refractivity contribution >= 4 is 5.78 Å². The molecule has 0 amide bonds. The molecule has 1 aromatic rings. The SMILES string of the molecule is COc1ccc(CO[C@@H]2C=CC(O)C(=O)C2)cc1. The highest BCUT2D eigenvalue weighted by Crippen LogP contribution is 2.16. The van der Waals surface area contributed by atoms with Crippen LogP contribution in [-0.2, 0) is 16.1 Å². The molecule has 0 bridgehead atoms. The van der Waals surface area contributed by atoms with Crippen LogP contribution in [0.3, 0.4) is 0 Å². The van der Waals surface area contributed by atoms with Crippen molar-refractivity contribution in [2.75, 3.05) is 7.11 Å². The Morgan fingerprint density at radius 1 is 1.28 bits per heavy atom. The zero-order valence-electron chi connectivity index (χ0n) is 10.2. The summed E-state index contributed by atoms with van der Waals surface area (Å²) in [5, 5.41) is 9.23. The molecule has 0 radical (unpaired) electrons. The second-order valence-electron chi connectivity index (χ2n) is 4.20. The van der Waals surface area contributed by atoms with E-state index in [0.717, 1.165) is 11.3 Å². The fourth-order valence-corrected chi connectivity index (χ4v) is 1.76. The van der Waals surface area contributed by atoms with Gasteiger partial charge in [-0.05, 0) is 17.7 Å². The van der Waals surface area contributed by atoms with Gasteiger partial charge < -0.3 is 14.6 Å². The van der Waals surface area contributed by atoms with Gasteiger partial charge in [0.25, 0.3) is 0 Å². The highest BCUT2D eigenvalue weighted by molar-refractivity contribution is 5.86. The minimum Gasteiger partial charge on any atom is -0.497 e. The predicted octanol–water partition coefficient (Wildman–Crippen LogP) is 1.47. The molecule has 0 saturated heterocycles. The first-order valence-electron chi connectivity index (χ1n) is 5.82. The Hall–Kier alpha value is -1.65. The summed E-state index contributed by atoms with van der Waals surface area (Å²) < 4.78 is 10.7. The summed E-state index contributed by atoms with van der Waals surface area (Å²) in [4.78, 5) is 11.3. The number of carbonyl (C=O) groups is 1. The maximum Gasteiger partial charge on any atom is 0.168 e. The molecule has 96 valence electrons. The lowest BCUT2D eigenvalue weighted by atomic mass is 10.0. The summed E-state index contributed by atoms with van der Waals surface area (Å²) in [5.41, 5.74) is 1.02. The number of aliphatic hydroxyl groups excluding tert-OH is 1. The first-order valence-corrected chi connectivity index (χ1v) is 5.82. The van der Waals surface area contributed by atoms with Crippen molar-refractivity contribution in [3.8, 4) is 5.75 Å². The number of rotatable bonds is 4. The first kappa shape index (κ1) is 12.8. The lowest BCUT2D eigenvalue weighted by molar-refractivity contribution is -0.128. The minimum atomic E-state index is -0.967. The van der Waals surface area contributed by atoms with E-state index in [2.05, 4.69) is 0 Å². The van der Waals surface area contributed by atoms with Gasteiger partial charge in [-0.2, -0.15) is 0 Å². The molecule has 1 unspecified atom stereocenters. The Bertz CT molecular complexity index is 436. The summed E-state index contributed by atoms with van der Waals surface area (Å²) in [6, 6.07) is 7.57. The van der Waals surface area contributed by atoms with E-state index in [4.69, 9.17) is 9.47 Å². The molecule has 18 heavy (non-hydrogen) atoms. The molecule has 0 spiro atoms. The molecule has 0 heterocycles. The number of Topliss-reactive ketones (excluding diaryl/α,β-unsaturated/α-hetero) is 1. The number of carbonyl (C=O) groups excluding carboxylic acids is 1. The Kier molecular flexibility index (Phi) is 4.12. The smallest absolute Gasteiger partial charge is 0.168 e. The molecular formula is C14H16O4. The van der Waals surface area contributed by atoms with Crippen LogP contribution in [0.5, 0.6) is 5.75 Å². The fourth-order valence-electron chi connectivity index (χ4n) is 1.76. The molecule has 2 atom stereocenters. The van der Waals surface area contributed by atoms with Gasteiger partial charge in [-0.15, -0.1) is 0 Å². The van der Waals surface area contributed by atoms with Crippen molar-refractivity contribution in [3.05, 3.63) is 42.0 Å². The van der Waals surface area contributed by atoms with Gasteiger partial charge in [-0.3, -0.25) is 4.79 Å². The monoisotopic (exact) mass is 248 g/mol. The molecule has 0 aliphatic heterocycles. The van der Waals surface area contributed by atoms with E-state index in [1.165, 1.54) is 6.08 Å². The van der Waals surface area contributed by atoms with Crippen LogP contribution in [0.1, 0.15) is 12.0 Å². The van der Waals surface area contributed by atoms with Gasteiger partial charge in [0.2, 0.25) is 0 Å². The van der Waals surface area contributed by atoms with Gasteiger partial charge in [0.15, 0.2) is 5.78 Å². The molecule has 4 nitrogen and oxygen atoms in total. The van der Waals surface area contributed by atoms with Crippen molar-refractivity contribution in [1.82, 2.24) is 0 Å². The largest absolute Gasteiger partial charge is 0.497 e. The molecule has 1 aromatic carbocycles. The number of methoxy groups -OCH3 is 1. The lowest BCUT2D eigenvalue weighted by Crippen LogP contribution is -2.28. The van der Waals surface area contributed by atoms with Crippen molar-refractivity contribution in [1.29, 1.82) is 0 Å². The summed E-state index contributed by atoms with van der Waals surface area (Å²) in [7, 11) is 1.62. The Morgan fingerprint density at radius 2 is 2.00 bits per heavy atom. The number of ether oxygens (including phenoxy) is 2. The maximum atomic E-state index is 11.3. The second kappa shape index (κ2) is 5.80. The number of hydrogen-bond donors (Lipinski definition) is 1. The van der Waals surface area contributed by atoms with Crippen molar-refractivity contribution in [2.45, 2.75) is 25.2 Å². The molecule has 0 fully saturated rings. The standard InChI is InChI=1S/C14H16O4/c1-17-11-4-2-10(3-5-11)9-18-12-6-7-13(15)14(16)8-12/h2-7,12-13,15H,8-9H2,1H3/t12-,13?/m1/s1. The summed E-state index contributed by atoms with van der Waals surface area (Å²) >= 11 is 0. The average molecular weight is 248 g/mol. The van der Waals surface area contributed by atoms with E-state index >= 15 is 0 Å². The lowest BCUT2D eigenvalue weighted by Gasteiger charge is -2.19. The summed E-state index contributed by atoms with van der Waals surface area (Å²) in [5.74, 6) is 0.604. The molecule has 4 heteroatoms. The van der Waals surface area contributed by atoms with Gasteiger partial charge in [0.05, 0.1) is 19.8 Å². The Morgan fingerprint density at radius 3 is 2.61 bits per heavy atom. The number of ketones is 1. The molecule has 0 saturated carbocycles. The van der Waals surface area contributed by atoms with E-state index in [-0.39, 0.29) is 18.3 Å². The first-order chi connectivity index (χ1) is 8.69. The average Bonchev–Trinajstić information content (AvgIpc) is 2.41. The third kappa shape index (κ3) is 3.18. The van der Waals surface area contributed by atoms with Crippen molar-refractivity contribution in [2.24, 2.45) is 0 Å². The van der Waals surface area contributed by atoms with Crippen LogP contribution < -0.4 is 4.74 Å².